The van der Waals surface area contributed by atoms with Crippen molar-refractivity contribution in [3.63, 3.8) is 0 Å². The van der Waals surface area contributed by atoms with E-state index in [1.54, 1.807) is 0 Å². The summed E-state index contributed by atoms with van der Waals surface area (Å²) < 4.78 is 5.27. The van der Waals surface area contributed by atoms with E-state index >= 15 is 0 Å². The molecule has 0 amide bonds. The smallest absolute Gasteiger partial charge is 0.215 e. The van der Waals surface area contributed by atoms with Crippen LogP contribution in [0.5, 0.6) is 5.88 Å². The number of ether oxygens (including phenoxy) is 1. The van der Waals surface area contributed by atoms with Crippen molar-refractivity contribution in [1.82, 2.24) is 4.98 Å². The van der Waals surface area contributed by atoms with Crippen molar-refractivity contribution >= 4 is 5.82 Å². The summed E-state index contributed by atoms with van der Waals surface area (Å²) in [6.07, 6.45) is 0. The van der Waals surface area contributed by atoms with Crippen molar-refractivity contribution in [2.75, 3.05) is 18.5 Å². The average molecular weight is 195 g/mol. The highest BCUT2D eigenvalue weighted by molar-refractivity contribution is 5.37. The topological polar surface area (TPSA) is 60.2 Å². The molecule has 4 nitrogen and oxygen atoms in total. The summed E-state index contributed by atoms with van der Waals surface area (Å²) in [6.45, 7) is 5.22. The number of pyridine rings is 1. The molecule has 0 aliphatic rings. The summed E-state index contributed by atoms with van der Waals surface area (Å²) in [7, 11) is 0. The van der Waals surface area contributed by atoms with E-state index in [0.29, 0.717) is 19.0 Å². The van der Waals surface area contributed by atoms with Crippen LogP contribution in [0.2, 0.25) is 0 Å². The van der Waals surface area contributed by atoms with Crippen molar-refractivity contribution in [1.29, 1.82) is 0 Å². The van der Waals surface area contributed by atoms with Gasteiger partial charge < -0.3 is 15.8 Å². The van der Waals surface area contributed by atoms with Gasteiger partial charge in [-0.05, 0) is 19.9 Å². The van der Waals surface area contributed by atoms with Crippen LogP contribution >= 0.6 is 0 Å². The fourth-order valence-corrected chi connectivity index (χ4v) is 1.01. The summed E-state index contributed by atoms with van der Waals surface area (Å²) >= 11 is 0. The lowest BCUT2D eigenvalue weighted by atomic mass is 10.3. The highest BCUT2D eigenvalue weighted by atomic mass is 16.5. The first-order valence-electron chi connectivity index (χ1n) is 4.81. The number of nitrogens with one attached hydrogen (secondary N) is 1. The molecular formula is C10H17N3O. The van der Waals surface area contributed by atoms with Gasteiger partial charge in [-0.1, -0.05) is 6.07 Å². The number of rotatable bonds is 5. The normalized spacial score (nSPS) is 12.2. The Morgan fingerprint density at radius 1 is 1.57 bits per heavy atom. The minimum absolute atomic E-state index is 0.118. The highest BCUT2D eigenvalue weighted by Gasteiger charge is 1.98. The molecule has 0 aromatic carbocycles. The summed E-state index contributed by atoms with van der Waals surface area (Å²) in [5.74, 6) is 1.44. The van der Waals surface area contributed by atoms with Crippen LogP contribution in [-0.4, -0.2) is 24.2 Å². The van der Waals surface area contributed by atoms with Crippen molar-refractivity contribution in [3.8, 4) is 5.88 Å². The predicted molar refractivity (Wildman–Crippen MR) is 57.5 cm³/mol. The van der Waals surface area contributed by atoms with E-state index in [0.717, 1.165) is 5.82 Å². The van der Waals surface area contributed by atoms with E-state index in [9.17, 15) is 0 Å². The van der Waals surface area contributed by atoms with Crippen molar-refractivity contribution < 1.29 is 4.74 Å². The summed E-state index contributed by atoms with van der Waals surface area (Å²) in [6, 6.07) is 5.75. The molecule has 1 rings (SSSR count). The minimum atomic E-state index is 0.118. The third kappa shape index (κ3) is 3.62. The van der Waals surface area contributed by atoms with Gasteiger partial charge in [-0.2, -0.15) is 4.98 Å². The Hall–Kier alpha value is -1.29. The van der Waals surface area contributed by atoms with E-state index in [2.05, 4.69) is 10.3 Å². The summed E-state index contributed by atoms with van der Waals surface area (Å²) in [5, 5.41) is 3.13. The van der Waals surface area contributed by atoms with Crippen LogP contribution < -0.4 is 15.8 Å². The minimum Gasteiger partial charge on any atom is -0.478 e. The van der Waals surface area contributed by atoms with Crippen LogP contribution in [0.25, 0.3) is 0 Å². The first kappa shape index (κ1) is 10.8. The van der Waals surface area contributed by atoms with Gasteiger partial charge in [0, 0.05) is 18.7 Å². The molecule has 0 aliphatic carbocycles. The first-order valence-corrected chi connectivity index (χ1v) is 4.81. The Morgan fingerprint density at radius 3 is 3.00 bits per heavy atom. The lowest BCUT2D eigenvalue weighted by Crippen LogP contribution is -2.25. The fourth-order valence-electron chi connectivity index (χ4n) is 1.01. The van der Waals surface area contributed by atoms with Gasteiger partial charge in [-0.15, -0.1) is 0 Å². The molecule has 0 aliphatic heterocycles. The zero-order valence-corrected chi connectivity index (χ0v) is 8.66. The van der Waals surface area contributed by atoms with Crippen LogP contribution in [0.15, 0.2) is 18.2 Å². The van der Waals surface area contributed by atoms with Crippen LogP contribution in [0.1, 0.15) is 13.8 Å². The molecule has 14 heavy (non-hydrogen) atoms. The van der Waals surface area contributed by atoms with Crippen molar-refractivity contribution in [3.05, 3.63) is 18.2 Å². The molecule has 1 unspecified atom stereocenters. The number of nitrogens with zero attached hydrogens (tertiary/aromatic N) is 1. The average Bonchev–Trinajstić information content (AvgIpc) is 2.16. The Balaban J connectivity index is 2.54. The molecule has 1 atom stereocenters. The second-order valence-corrected chi connectivity index (χ2v) is 3.15. The van der Waals surface area contributed by atoms with Crippen LogP contribution in [0.4, 0.5) is 5.82 Å². The number of nitrogens with two attached hydrogens (primary N) is 1. The van der Waals surface area contributed by atoms with Crippen LogP contribution in [0.3, 0.4) is 0 Å². The van der Waals surface area contributed by atoms with Gasteiger partial charge in [-0.3, -0.25) is 0 Å². The maximum atomic E-state index is 5.62. The van der Waals surface area contributed by atoms with Crippen molar-refractivity contribution in [2.45, 2.75) is 19.9 Å². The number of aromatic nitrogens is 1. The highest BCUT2D eigenvalue weighted by Crippen LogP contribution is 2.10. The lowest BCUT2D eigenvalue weighted by molar-refractivity contribution is 0.327. The van der Waals surface area contributed by atoms with E-state index in [1.807, 2.05) is 32.0 Å². The Labute approximate surface area is 84.5 Å². The molecule has 0 fully saturated rings. The molecule has 3 N–H and O–H groups in total. The molecule has 0 spiro atoms. The number of hydrogen-bond acceptors (Lipinski definition) is 4. The van der Waals surface area contributed by atoms with E-state index in [1.165, 1.54) is 0 Å². The standard InChI is InChI=1S/C10H17N3O/c1-3-14-10-6-4-5-9(13-10)12-7-8(2)11/h4-6,8H,3,7,11H2,1-2H3,(H,12,13). The zero-order chi connectivity index (χ0) is 10.4. The molecule has 1 aromatic heterocycles. The predicted octanol–water partition coefficient (Wildman–Crippen LogP) is 1.24. The molecule has 4 heteroatoms. The maximum absolute atomic E-state index is 5.62. The zero-order valence-electron chi connectivity index (χ0n) is 8.66. The molecule has 0 saturated heterocycles. The Kier molecular flexibility index (Phi) is 4.19. The monoisotopic (exact) mass is 195 g/mol. The third-order valence-corrected chi connectivity index (χ3v) is 1.62. The molecule has 1 aromatic rings. The maximum Gasteiger partial charge on any atom is 0.215 e. The molecule has 78 valence electrons. The van der Waals surface area contributed by atoms with Gasteiger partial charge in [0.1, 0.15) is 5.82 Å². The van der Waals surface area contributed by atoms with E-state index in [4.69, 9.17) is 10.5 Å². The molecule has 0 radical (unpaired) electrons. The largest absolute Gasteiger partial charge is 0.478 e. The Morgan fingerprint density at radius 2 is 2.36 bits per heavy atom. The van der Waals surface area contributed by atoms with Crippen LogP contribution in [-0.2, 0) is 0 Å². The van der Waals surface area contributed by atoms with Gasteiger partial charge in [0.15, 0.2) is 0 Å². The molecular weight excluding hydrogens is 178 g/mol. The molecule has 0 bridgehead atoms. The van der Waals surface area contributed by atoms with E-state index in [-0.39, 0.29) is 6.04 Å². The quantitative estimate of drug-likeness (QED) is 0.742. The fraction of sp³-hybridized carbons (Fsp3) is 0.500. The van der Waals surface area contributed by atoms with Gasteiger partial charge in [0.2, 0.25) is 5.88 Å². The summed E-state index contributed by atoms with van der Waals surface area (Å²) in [5.41, 5.74) is 5.62. The SMILES string of the molecule is CCOc1cccc(NCC(C)N)n1. The van der Waals surface area contributed by atoms with E-state index < -0.39 is 0 Å². The first-order chi connectivity index (χ1) is 6.72. The summed E-state index contributed by atoms with van der Waals surface area (Å²) in [4.78, 5) is 4.25. The van der Waals surface area contributed by atoms with Crippen LogP contribution in [0, 0.1) is 0 Å². The molecule has 1 heterocycles. The lowest BCUT2D eigenvalue weighted by Gasteiger charge is -2.09. The number of anilines is 1. The second-order valence-electron chi connectivity index (χ2n) is 3.15. The second kappa shape index (κ2) is 5.44. The van der Waals surface area contributed by atoms with Gasteiger partial charge in [0.25, 0.3) is 0 Å². The Bertz CT molecular complexity index is 276. The number of hydrogen-bond donors (Lipinski definition) is 2. The van der Waals surface area contributed by atoms with Crippen molar-refractivity contribution in [2.24, 2.45) is 5.73 Å². The van der Waals surface area contributed by atoms with Gasteiger partial charge >= 0.3 is 0 Å². The third-order valence-electron chi connectivity index (χ3n) is 1.62. The van der Waals surface area contributed by atoms with Gasteiger partial charge in [-0.25, -0.2) is 0 Å². The van der Waals surface area contributed by atoms with Gasteiger partial charge in [0.05, 0.1) is 6.61 Å². The molecule has 0 saturated carbocycles.